The lowest BCUT2D eigenvalue weighted by Gasteiger charge is -2.33. The molecule has 0 spiro atoms. The van der Waals surface area contributed by atoms with Crippen LogP contribution in [-0.4, -0.2) is 79.4 Å². The van der Waals surface area contributed by atoms with E-state index in [1.54, 1.807) is 6.33 Å². The Morgan fingerprint density at radius 1 is 1.11 bits per heavy atom. The van der Waals surface area contributed by atoms with Crippen molar-refractivity contribution in [3.8, 4) is 5.88 Å². The summed E-state index contributed by atoms with van der Waals surface area (Å²) in [6, 6.07) is 10.8. The lowest BCUT2D eigenvalue weighted by Crippen LogP contribution is -2.43. The number of H-pyrrole nitrogens is 1. The molecule has 188 valence electrons. The number of ether oxygens (including phenoxy) is 1. The van der Waals surface area contributed by atoms with Gasteiger partial charge in [0.1, 0.15) is 23.9 Å². The largest absolute Gasteiger partial charge is 0.473 e. The Bertz CT molecular complexity index is 1190. The van der Waals surface area contributed by atoms with Crippen LogP contribution < -0.4 is 10.1 Å². The highest BCUT2D eigenvalue weighted by molar-refractivity contribution is 5.76. The van der Waals surface area contributed by atoms with E-state index in [0.29, 0.717) is 31.4 Å². The van der Waals surface area contributed by atoms with Crippen molar-refractivity contribution >= 4 is 11.7 Å². The third kappa shape index (κ3) is 5.18. The second-order valence-corrected chi connectivity index (χ2v) is 9.97. The van der Waals surface area contributed by atoms with E-state index >= 15 is 0 Å². The molecule has 2 aromatic heterocycles. The van der Waals surface area contributed by atoms with Crippen LogP contribution in [0.4, 0.5) is 5.82 Å². The standard InChI is InChI=1S/C26H32N8O2/c35-26(34-11-7-22-23(16-34)31-32-30-22)8-10-33-9-3-6-21(15-33)36-25-14-24(27-17-28-25)29-20-12-18-4-1-2-5-19(18)13-20/h1-2,4-5,14,17,20-21H,3,6-13,15-16H2,(H,27,28,29)(H,30,31,32). The first kappa shape index (κ1) is 22.9. The van der Waals surface area contributed by atoms with Crippen LogP contribution in [0.25, 0.3) is 0 Å². The molecule has 6 rings (SSSR count). The van der Waals surface area contributed by atoms with Crippen molar-refractivity contribution < 1.29 is 9.53 Å². The van der Waals surface area contributed by atoms with Gasteiger partial charge < -0.3 is 15.0 Å². The van der Waals surface area contributed by atoms with Crippen LogP contribution in [0.2, 0.25) is 0 Å². The Hall–Kier alpha value is -3.53. The van der Waals surface area contributed by atoms with E-state index < -0.39 is 0 Å². The molecule has 2 aliphatic heterocycles. The summed E-state index contributed by atoms with van der Waals surface area (Å²) in [5.41, 5.74) is 4.68. The number of nitrogens with one attached hydrogen (secondary N) is 2. The number of amides is 1. The van der Waals surface area contributed by atoms with Gasteiger partial charge in [0.05, 0.1) is 12.2 Å². The number of nitrogens with zero attached hydrogens (tertiary/aromatic N) is 6. The number of anilines is 1. The molecular formula is C26H32N8O2. The number of carbonyl (C=O) groups excluding carboxylic acids is 1. The number of hydrogen-bond donors (Lipinski definition) is 2. The van der Waals surface area contributed by atoms with Crippen LogP contribution in [0.3, 0.4) is 0 Å². The van der Waals surface area contributed by atoms with Gasteiger partial charge in [0.25, 0.3) is 0 Å². The molecule has 0 saturated carbocycles. The smallest absolute Gasteiger partial charge is 0.224 e. The summed E-state index contributed by atoms with van der Waals surface area (Å²) in [6.45, 7) is 3.78. The van der Waals surface area contributed by atoms with E-state index in [4.69, 9.17) is 4.74 Å². The van der Waals surface area contributed by atoms with E-state index in [9.17, 15) is 4.79 Å². The summed E-state index contributed by atoms with van der Waals surface area (Å²) < 4.78 is 6.26. The minimum atomic E-state index is 0.0556. The first-order valence-corrected chi connectivity index (χ1v) is 12.9. The fraction of sp³-hybridized carbons (Fsp3) is 0.500. The maximum absolute atomic E-state index is 12.8. The number of rotatable bonds is 7. The van der Waals surface area contributed by atoms with Gasteiger partial charge in [0.2, 0.25) is 11.8 Å². The summed E-state index contributed by atoms with van der Waals surface area (Å²) in [5.74, 6) is 1.57. The summed E-state index contributed by atoms with van der Waals surface area (Å²) >= 11 is 0. The third-order valence-corrected chi connectivity index (χ3v) is 7.45. The fourth-order valence-corrected chi connectivity index (χ4v) is 5.56. The maximum Gasteiger partial charge on any atom is 0.224 e. The number of fused-ring (bicyclic) bond motifs is 2. The van der Waals surface area contributed by atoms with Gasteiger partial charge in [-0.3, -0.25) is 9.69 Å². The van der Waals surface area contributed by atoms with Gasteiger partial charge in [0, 0.05) is 44.6 Å². The van der Waals surface area contributed by atoms with Gasteiger partial charge in [-0.05, 0) is 43.4 Å². The Balaban J connectivity index is 0.983. The molecule has 1 atom stereocenters. The van der Waals surface area contributed by atoms with Gasteiger partial charge in [0.15, 0.2) is 0 Å². The van der Waals surface area contributed by atoms with Gasteiger partial charge in [-0.1, -0.05) is 24.3 Å². The average molecular weight is 489 g/mol. The minimum Gasteiger partial charge on any atom is -0.473 e. The zero-order valence-corrected chi connectivity index (χ0v) is 20.4. The molecule has 3 aliphatic rings. The second-order valence-electron chi connectivity index (χ2n) is 9.97. The highest BCUT2D eigenvalue weighted by Gasteiger charge is 2.26. The second kappa shape index (κ2) is 10.2. The predicted octanol–water partition coefficient (Wildman–Crippen LogP) is 1.99. The topological polar surface area (TPSA) is 112 Å². The molecular weight excluding hydrogens is 456 g/mol. The van der Waals surface area contributed by atoms with Crippen LogP contribution in [-0.2, 0) is 30.6 Å². The summed E-state index contributed by atoms with van der Waals surface area (Å²) in [6.07, 6.45) is 6.93. The zero-order valence-electron chi connectivity index (χ0n) is 20.4. The predicted molar refractivity (Wildman–Crippen MR) is 134 cm³/mol. The number of carbonyl (C=O) groups is 1. The quantitative estimate of drug-likeness (QED) is 0.519. The van der Waals surface area contributed by atoms with Crippen molar-refractivity contribution in [3.05, 3.63) is 59.2 Å². The highest BCUT2D eigenvalue weighted by Crippen LogP contribution is 2.25. The maximum atomic E-state index is 12.8. The minimum absolute atomic E-state index is 0.0556. The molecule has 1 amide bonds. The molecule has 1 fully saturated rings. The van der Waals surface area contributed by atoms with E-state index in [0.717, 1.165) is 68.9 Å². The Labute approximate surface area is 210 Å². The van der Waals surface area contributed by atoms with Crippen LogP contribution in [0.5, 0.6) is 5.88 Å². The van der Waals surface area contributed by atoms with E-state index in [1.165, 1.54) is 11.1 Å². The first-order chi connectivity index (χ1) is 17.7. The van der Waals surface area contributed by atoms with E-state index in [2.05, 4.69) is 59.9 Å². The van der Waals surface area contributed by atoms with Crippen molar-refractivity contribution in [1.82, 2.24) is 35.2 Å². The lowest BCUT2D eigenvalue weighted by molar-refractivity contribution is -0.132. The monoisotopic (exact) mass is 488 g/mol. The Morgan fingerprint density at radius 3 is 2.81 bits per heavy atom. The van der Waals surface area contributed by atoms with Gasteiger partial charge in [-0.25, -0.2) is 9.97 Å². The molecule has 0 bridgehead atoms. The zero-order chi connectivity index (χ0) is 24.3. The van der Waals surface area contributed by atoms with Gasteiger partial charge in [-0.15, -0.1) is 0 Å². The van der Waals surface area contributed by atoms with Crippen LogP contribution in [0.1, 0.15) is 41.8 Å². The number of benzene rings is 1. The van der Waals surface area contributed by atoms with E-state index in [-0.39, 0.29) is 12.0 Å². The number of aromatic nitrogens is 5. The van der Waals surface area contributed by atoms with Crippen molar-refractivity contribution in [1.29, 1.82) is 0 Å². The van der Waals surface area contributed by atoms with Crippen molar-refractivity contribution in [3.63, 3.8) is 0 Å². The third-order valence-electron chi connectivity index (χ3n) is 7.45. The highest BCUT2D eigenvalue weighted by atomic mass is 16.5. The molecule has 1 aliphatic carbocycles. The summed E-state index contributed by atoms with van der Waals surface area (Å²) in [5, 5.41) is 14.5. The average Bonchev–Trinajstić information content (AvgIpc) is 3.53. The molecule has 1 unspecified atom stereocenters. The summed E-state index contributed by atoms with van der Waals surface area (Å²) in [7, 11) is 0. The normalized spacial score (nSPS) is 20.1. The van der Waals surface area contributed by atoms with Crippen LogP contribution in [0.15, 0.2) is 36.7 Å². The van der Waals surface area contributed by atoms with Crippen LogP contribution in [0, 0.1) is 0 Å². The van der Waals surface area contributed by atoms with Crippen molar-refractivity contribution in [2.75, 3.05) is 31.5 Å². The molecule has 1 aromatic carbocycles. The summed E-state index contributed by atoms with van der Waals surface area (Å²) in [4.78, 5) is 25.8. The first-order valence-electron chi connectivity index (χ1n) is 12.9. The molecule has 3 aromatic rings. The molecule has 1 saturated heterocycles. The molecule has 2 N–H and O–H groups in total. The molecule has 10 heteroatoms. The SMILES string of the molecule is O=C(CCN1CCCC(Oc2cc(NC3Cc4ccccc4C3)ncn2)C1)N1CCc2n[nH]nc2C1. The number of hydrogen-bond acceptors (Lipinski definition) is 8. The Kier molecular flexibility index (Phi) is 6.50. The van der Waals surface area contributed by atoms with Gasteiger partial charge >= 0.3 is 0 Å². The van der Waals surface area contributed by atoms with Crippen molar-refractivity contribution in [2.45, 2.75) is 57.2 Å². The molecule has 10 nitrogen and oxygen atoms in total. The molecule has 0 radical (unpaired) electrons. The Morgan fingerprint density at radius 2 is 1.94 bits per heavy atom. The van der Waals surface area contributed by atoms with Gasteiger partial charge in [-0.2, -0.15) is 15.4 Å². The molecule has 36 heavy (non-hydrogen) atoms. The number of piperidine rings is 1. The molecule has 4 heterocycles. The van der Waals surface area contributed by atoms with Crippen LogP contribution >= 0.6 is 0 Å². The van der Waals surface area contributed by atoms with Crippen molar-refractivity contribution in [2.24, 2.45) is 0 Å². The lowest BCUT2D eigenvalue weighted by atomic mass is 10.1. The number of aromatic amines is 1. The van der Waals surface area contributed by atoms with E-state index in [1.807, 2.05) is 11.0 Å². The number of likely N-dealkylation sites (tertiary alicyclic amines) is 1. The fourth-order valence-electron chi connectivity index (χ4n) is 5.56.